The molecule has 0 aliphatic carbocycles. The highest BCUT2D eigenvalue weighted by Crippen LogP contribution is 2.41. The van der Waals surface area contributed by atoms with Gasteiger partial charge in [-0.2, -0.15) is 0 Å². The average molecular weight is 409 g/mol. The standard InChI is InChI=1S/C18H23N3O6S/c1-18(2,3)27-17(26)19-11-14(23)21-12(16(24)25)10(8-28-15(11)21)7-9-5-6-20(4)13(9)22/h7,11,15H,5-6,8H2,1-4H3,(H,19,26)(H,24,25)/b9-7+. The van der Waals surface area contributed by atoms with E-state index in [9.17, 15) is 24.3 Å². The van der Waals surface area contributed by atoms with Crippen molar-refractivity contribution in [2.45, 2.75) is 44.2 Å². The van der Waals surface area contributed by atoms with Gasteiger partial charge in [0.05, 0.1) is 0 Å². The molecule has 9 nitrogen and oxygen atoms in total. The van der Waals surface area contributed by atoms with E-state index < -0.39 is 35.0 Å². The number of alkyl carbamates (subject to hydrolysis) is 1. The number of fused-ring (bicyclic) bond motifs is 1. The molecule has 2 saturated heterocycles. The zero-order valence-electron chi connectivity index (χ0n) is 16.1. The van der Waals surface area contributed by atoms with Crippen molar-refractivity contribution < 1.29 is 29.0 Å². The van der Waals surface area contributed by atoms with E-state index in [1.807, 2.05) is 0 Å². The second-order valence-corrected chi connectivity index (χ2v) is 8.96. The summed E-state index contributed by atoms with van der Waals surface area (Å²) in [5, 5.41) is 11.7. The first kappa shape index (κ1) is 20.2. The van der Waals surface area contributed by atoms with Crippen LogP contribution in [0.25, 0.3) is 0 Å². The fourth-order valence-corrected chi connectivity index (χ4v) is 4.58. The number of likely N-dealkylation sites (N-methyl/N-ethyl adjacent to an activating group) is 1. The summed E-state index contributed by atoms with van der Waals surface area (Å²) >= 11 is 1.34. The predicted octanol–water partition coefficient (Wildman–Crippen LogP) is 0.922. The number of hydrogen-bond acceptors (Lipinski definition) is 6. The lowest BCUT2D eigenvalue weighted by Crippen LogP contribution is -2.70. The van der Waals surface area contributed by atoms with Crippen molar-refractivity contribution in [2.24, 2.45) is 0 Å². The highest BCUT2D eigenvalue weighted by molar-refractivity contribution is 8.00. The minimum Gasteiger partial charge on any atom is -0.477 e. The molecule has 0 aromatic carbocycles. The summed E-state index contributed by atoms with van der Waals surface area (Å²) in [4.78, 5) is 51.2. The number of ether oxygens (including phenoxy) is 1. The van der Waals surface area contributed by atoms with E-state index in [0.29, 0.717) is 29.9 Å². The number of nitrogens with zero attached hydrogens (tertiary/aromatic N) is 2. The van der Waals surface area contributed by atoms with Crippen molar-refractivity contribution in [1.29, 1.82) is 0 Å². The Morgan fingerprint density at radius 3 is 2.54 bits per heavy atom. The molecule has 3 aliphatic rings. The summed E-state index contributed by atoms with van der Waals surface area (Å²) in [6, 6.07) is -0.845. The van der Waals surface area contributed by atoms with Crippen LogP contribution in [0.15, 0.2) is 22.9 Å². The molecule has 2 atom stereocenters. The minimum absolute atomic E-state index is 0.133. The maximum Gasteiger partial charge on any atom is 0.408 e. The van der Waals surface area contributed by atoms with Gasteiger partial charge in [-0.05, 0) is 38.8 Å². The number of carboxylic acid groups (broad SMARTS) is 1. The van der Waals surface area contributed by atoms with Gasteiger partial charge in [-0.1, -0.05) is 0 Å². The Morgan fingerprint density at radius 2 is 2.00 bits per heavy atom. The molecule has 2 N–H and O–H groups in total. The first-order chi connectivity index (χ1) is 13.0. The van der Waals surface area contributed by atoms with Gasteiger partial charge in [-0.25, -0.2) is 9.59 Å². The predicted molar refractivity (Wildman–Crippen MR) is 101 cm³/mol. The van der Waals surface area contributed by atoms with Gasteiger partial charge in [0.1, 0.15) is 22.7 Å². The van der Waals surface area contributed by atoms with Crippen LogP contribution in [0.1, 0.15) is 27.2 Å². The number of thioether (sulfide) groups is 1. The van der Waals surface area contributed by atoms with E-state index in [0.717, 1.165) is 0 Å². The number of β-lactam (4-membered cyclic amide) rings is 1. The number of aliphatic carboxylic acids is 1. The van der Waals surface area contributed by atoms with Crippen molar-refractivity contribution in [3.05, 3.63) is 22.9 Å². The van der Waals surface area contributed by atoms with E-state index in [4.69, 9.17) is 4.74 Å². The molecular weight excluding hydrogens is 386 g/mol. The number of amides is 3. The highest BCUT2D eigenvalue weighted by Gasteiger charge is 2.54. The molecule has 2 unspecified atom stereocenters. The van der Waals surface area contributed by atoms with Crippen molar-refractivity contribution >= 4 is 35.6 Å². The summed E-state index contributed by atoms with van der Waals surface area (Å²) < 4.78 is 5.17. The van der Waals surface area contributed by atoms with Gasteiger partial charge in [-0.15, -0.1) is 11.8 Å². The zero-order chi connectivity index (χ0) is 20.8. The number of allylic oxidation sites excluding steroid dienone is 1. The number of carboxylic acids is 1. The summed E-state index contributed by atoms with van der Waals surface area (Å²) in [6.07, 6.45) is 1.40. The normalized spacial score (nSPS) is 26.4. The van der Waals surface area contributed by atoms with Crippen molar-refractivity contribution in [2.75, 3.05) is 19.3 Å². The molecule has 3 rings (SSSR count). The van der Waals surface area contributed by atoms with Crippen LogP contribution >= 0.6 is 11.8 Å². The van der Waals surface area contributed by atoms with Crippen LogP contribution in [0.4, 0.5) is 4.79 Å². The average Bonchev–Trinajstić information content (AvgIpc) is 2.89. The summed E-state index contributed by atoms with van der Waals surface area (Å²) in [5.74, 6) is -1.56. The second kappa shape index (κ2) is 7.16. The maximum atomic E-state index is 12.6. The Bertz CT molecular complexity index is 813. The monoisotopic (exact) mass is 409 g/mol. The summed E-state index contributed by atoms with van der Waals surface area (Å²) in [5.41, 5.74) is 0.122. The molecule has 152 valence electrons. The van der Waals surface area contributed by atoms with Gasteiger partial charge in [-0.3, -0.25) is 14.5 Å². The van der Waals surface area contributed by atoms with Crippen LogP contribution in [0.2, 0.25) is 0 Å². The van der Waals surface area contributed by atoms with E-state index >= 15 is 0 Å². The van der Waals surface area contributed by atoms with Gasteiger partial charge < -0.3 is 20.1 Å². The molecule has 0 saturated carbocycles. The Labute approximate surface area is 166 Å². The van der Waals surface area contributed by atoms with Gasteiger partial charge in [0.2, 0.25) is 5.91 Å². The number of rotatable bonds is 3. The Balaban J connectivity index is 1.81. The Kier molecular flexibility index (Phi) is 5.18. The Morgan fingerprint density at radius 1 is 1.32 bits per heavy atom. The highest BCUT2D eigenvalue weighted by atomic mass is 32.2. The lowest BCUT2D eigenvalue weighted by molar-refractivity contribution is -0.149. The number of carbonyl (C=O) groups is 4. The molecule has 2 fully saturated rings. The van der Waals surface area contributed by atoms with Gasteiger partial charge >= 0.3 is 12.1 Å². The van der Waals surface area contributed by atoms with Crippen LogP contribution in [0.5, 0.6) is 0 Å². The third-order valence-electron chi connectivity index (χ3n) is 4.56. The molecule has 3 heterocycles. The third-order valence-corrected chi connectivity index (χ3v) is 5.86. The largest absolute Gasteiger partial charge is 0.477 e. The quantitative estimate of drug-likeness (QED) is 0.526. The molecule has 0 radical (unpaired) electrons. The number of likely N-dealkylation sites (tertiary alicyclic amines) is 1. The van der Waals surface area contributed by atoms with Crippen molar-refractivity contribution in [3.63, 3.8) is 0 Å². The molecule has 28 heavy (non-hydrogen) atoms. The first-order valence-electron chi connectivity index (χ1n) is 8.86. The lowest BCUT2D eigenvalue weighted by Gasteiger charge is -2.49. The molecule has 3 amide bonds. The summed E-state index contributed by atoms with van der Waals surface area (Å²) in [7, 11) is 1.69. The lowest BCUT2D eigenvalue weighted by atomic mass is 10.0. The van der Waals surface area contributed by atoms with Crippen LogP contribution in [-0.4, -0.2) is 75.1 Å². The fraction of sp³-hybridized carbons (Fsp3) is 0.556. The number of nitrogens with one attached hydrogen (secondary N) is 1. The zero-order valence-corrected chi connectivity index (χ0v) is 17.0. The van der Waals surface area contributed by atoms with E-state index in [2.05, 4.69) is 5.32 Å². The van der Waals surface area contributed by atoms with Crippen LogP contribution in [0.3, 0.4) is 0 Å². The van der Waals surface area contributed by atoms with Crippen molar-refractivity contribution in [3.8, 4) is 0 Å². The van der Waals surface area contributed by atoms with Gasteiger partial charge in [0.15, 0.2) is 0 Å². The molecule has 3 aliphatic heterocycles. The first-order valence-corrected chi connectivity index (χ1v) is 9.91. The van der Waals surface area contributed by atoms with Crippen LogP contribution in [0, 0.1) is 0 Å². The van der Waals surface area contributed by atoms with E-state index in [1.165, 1.54) is 16.7 Å². The molecule has 0 spiro atoms. The molecule has 0 aromatic rings. The fourth-order valence-electron chi connectivity index (χ4n) is 3.27. The maximum absolute atomic E-state index is 12.6. The molecule has 10 heteroatoms. The molecular formula is C18H23N3O6S. The van der Waals surface area contributed by atoms with E-state index in [-0.39, 0.29) is 11.6 Å². The smallest absolute Gasteiger partial charge is 0.408 e. The topological polar surface area (TPSA) is 116 Å². The van der Waals surface area contributed by atoms with E-state index in [1.54, 1.807) is 38.8 Å². The molecule has 0 aromatic heterocycles. The second-order valence-electron chi connectivity index (χ2n) is 7.86. The van der Waals surface area contributed by atoms with Gasteiger partial charge in [0.25, 0.3) is 5.91 Å². The number of hydrogen-bond donors (Lipinski definition) is 2. The Hall–Kier alpha value is -2.49. The van der Waals surface area contributed by atoms with Crippen molar-refractivity contribution in [1.82, 2.24) is 15.1 Å². The number of carbonyl (C=O) groups excluding carboxylic acids is 3. The minimum atomic E-state index is -1.24. The van der Waals surface area contributed by atoms with Crippen LogP contribution in [-0.2, 0) is 19.1 Å². The van der Waals surface area contributed by atoms with Crippen LogP contribution < -0.4 is 5.32 Å². The molecule has 0 bridgehead atoms. The van der Waals surface area contributed by atoms with Gasteiger partial charge in [0, 0.05) is 24.9 Å². The third kappa shape index (κ3) is 3.73. The summed E-state index contributed by atoms with van der Waals surface area (Å²) in [6.45, 7) is 5.72. The SMILES string of the molecule is CN1CC/C(=C\C2=C(C(=O)O)N3C(=O)C(NC(=O)OC(C)(C)C)C3SC2)C1=O.